The summed E-state index contributed by atoms with van der Waals surface area (Å²) >= 11 is 0. The van der Waals surface area contributed by atoms with E-state index in [1.54, 1.807) is 11.1 Å². The van der Waals surface area contributed by atoms with Crippen LogP contribution < -0.4 is 5.32 Å². The van der Waals surface area contributed by atoms with Gasteiger partial charge in [0.15, 0.2) is 5.82 Å². The van der Waals surface area contributed by atoms with Gasteiger partial charge in [-0.1, -0.05) is 0 Å². The number of nitrogens with zero attached hydrogens (tertiary/aromatic N) is 4. The lowest BCUT2D eigenvalue weighted by Crippen LogP contribution is -2.36. The molecule has 0 saturated carbocycles. The van der Waals surface area contributed by atoms with Gasteiger partial charge in [0.25, 0.3) is 0 Å². The molecule has 24 heavy (non-hydrogen) atoms. The van der Waals surface area contributed by atoms with Crippen molar-refractivity contribution in [3.05, 3.63) is 42.2 Å². The third kappa shape index (κ3) is 4.78. The predicted molar refractivity (Wildman–Crippen MR) is 93.2 cm³/mol. The average Bonchev–Trinajstić information content (AvgIpc) is 2.61. The van der Waals surface area contributed by atoms with Gasteiger partial charge in [-0.25, -0.2) is 9.97 Å². The van der Waals surface area contributed by atoms with Gasteiger partial charge in [0.1, 0.15) is 0 Å². The molecule has 0 aliphatic rings. The van der Waals surface area contributed by atoms with Crippen LogP contribution in [0.4, 0.5) is 5.69 Å². The predicted octanol–water partition coefficient (Wildman–Crippen LogP) is 2.63. The molecule has 0 saturated heterocycles. The highest BCUT2D eigenvalue weighted by Gasteiger charge is 2.10. The highest BCUT2D eigenvalue weighted by atomic mass is 16.2. The minimum Gasteiger partial charge on any atom is -0.376 e. The van der Waals surface area contributed by atoms with Gasteiger partial charge in [0.05, 0.1) is 19.0 Å². The molecule has 2 rings (SSSR count). The molecule has 0 aliphatic carbocycles. The van der Waals surface area contributed by atoms with Crippen LogP contribution in [0.2, 0.25) is 0 Å². The smallest absolute Gasteiger partial charge is 0.241 e. The first-order valence-electron chi connectivity index (χ1n) is 7.92. The third-order valence-electron chi connectivity index (χ3n) is 3.61. The van der Waals surface area contributed by atoms with Crippen molar-refractivity contribution in [3.8, 4) is 17.5 Å². The van der Waals surface area contributed by atoms with Crippen molar-refractivity contribution in [2.45, 2.75) is 20.3 Å². The number of amides is 1. The highest BCUT2D eigenvalue weighted by Crippen LogP contribution is 2.17. The molecule has 0 fully saturated rings. The van der Waals surface area contributed by atoms with Crippen molar-refractivity contribution in [1.82, 2.24) is 14.9 Å². The molecule has 0 unspecified atom stereocenters. The second kappa shape index (κ2) is 8.63. The number of anilines is 1. The van der Waals surface area contributed by atoms with Crippen molar-refractivity contribution in [3.63, 3.8) is 0 Å². The Morgan fingerprint density at radius 2 is 2.04 bits per heavy atom. The molecule has 1 aromatic carbocycles. The average molecular weight is 323 g/mol. The summed E-state index contributed by atoms with van der Waals surface area (Å²) in [5.41, 5.74) is 2.71. The molecule has 1 N–H and O–H groups in total. The van der Waals surface area contributed by atoms with Gasteiger partial charge in [0, 0.05) is 36.2 Å². The zero-order valence-electron chi connectivity index (χ0n) is 14.0. The molecule has 0 aliphatic heterocycles. The molecule has 0 radical (unpaired) electrons. The van der Waals surface area contributed by atoms with Gasteiger partial charge in [-0.2, -0.15) is 5.26 Å². The summed E-state index contributed by atoms with van der Waals surface area (Å²) in [5, 5.41) is 11.7. The molecule has 1 heterocycles. The second-order valence-corrected chi connectivity index (χ2v) is 5.33. The molecule has 1 aromatic heterocycles. The number of hydrogen-bond donors (Lipinski definition) is 1. The van der Waals surface area contributed by atoms with Crippen LogP contribution in [0.3, 0.4) is 0 Å². The van der Waals surface area contributed by atoms with E-state index < -0.39 is 0 Å². The van der Waals surface area contributed by atoms with Crippen molar-refractivity contribution < 1.29 is 4.79 Å². The number of benzene rings is 1. The van der Waals surface area contributed by atoms with Crippen LogP contribution in [0, 0.1) is 18.3 Å². The van der Waals surface area contributed by atoms with E-state index in [9.17, 15) is 4.79 Å². The Hall–Kier alpha value is -2.94. The van der Waals surface area contributed by atoms with Crippen LogP contribution in [-0.4, -0.2) is 40.4 Å². The van der Waals surface area contributed by atoms with Gasteiger partial charge in [-0.15, -0.1) is 0 Å². The van der Waals surface area contributed by atoms with E-state index in [2.05, 4.69) is 21.4 Å². The van der Waals surface area contributed by atoms with E-state index in [0.717, 1.165) is 16.9 Å². The normalized spacial score (nSPS) is 10.0. The Bertz CT molecular complexity index is 721. The van der Waals surface area contributed by atoms with E-state index in [0.29, 0.717) is 25.3 Å². The summed E-state index contributed by atoms with van der Waals surface area (Å²) in [5.74, 6) is 0.671. The number of aryl methyl sites for hydroxylation is 1. The van der Waals surface area contributed by atoms with Gasteiger partial charge in [-0.3, -0.25) is 4.79 Å². The zero-order valence-corrected chi connectivity index (χ0v) is 14.0. The Kier molecular flexibility index (Phi) is 6.26. The largest absolute Gasteiger partial charge is 0.376 e. The first-order chi connectivity index (χ1) is 11.6. The fraction of sp³-hybridized carbons (Fsp3) is 0.333. The standard InChI is InChI=1S/C18H21N5O/c1-3-23(12-4-10-19)17(24)13-21-16-7-5-15(6-8-16)18-20-11-9-14(2)22-18/h5-9,11,21H,3-4,12-13H2,1-2H3. The van der Waals surface area contributed by atoms with Gasteiger partial charge >= 0.3 is 0 Å². The third-order valence-corrected chi connectivity index (χ3v) is 3.61. The Labute approximate surface area is 142 Å². The summed E-state index contributed by atoms with van der Waals surface area (Å²) in [6.45, 7) is 5.12. The molecule has 6 heteroatoms. The van der Waals surface area contributed by atoms with E-state index in [4.69, 9.17) is 5.26 Å². The van der Waals surface area contributed by atoms with Gasteiger partial charge < -0.3 is 10.2 Å². The number of aromatic nitrogens is 2. The lowest BCUT2D eigenvalue weighted by atomic mass is 10.2. The van der Waals surface area contributed by atoms with E-state index >= 15 is 0 Å². The van der Waals surface area contributed by atoms with Crippen LogP contribution in [0.25, 0.3) is 11.4 Å². The molecule has 1 amide bonds. The zero-order chi connectivity index (χ0) is 17.4. The molecular weight excluding hydrogens is 302 g/mol. The summed E-state index contributed by atoms with van der Waals surface area (Å²) < 4.78 is 0. The van der Waals surface area contributed by atoms with Crippen molar-refractivity contribution >= 4 is 11.6 Å². The van der Waals surface area contributed by atoms with Gasteiger partial charge in [-0.05, 0) is 44.2 Å². The lowest BCUT2D eigenvalue weighted by Gasteiger charge is -2.20. The number of carbonyl (C=O) groups excluding carboxylic acids is 1. The molecule has 2 aromatic rings. The topological polar surface area (TPSA) is 81.9 Å². The molecule has 0 spiro atoms. The van der Waals surface area contributed by atoms with E-state index in [-0.39, 0.29) is 12.5 Å². The van der Waals surface area contributed by atoms with Crippen LogP contribution in [0.1, 0.15) is 19.0 Å². The maximum absolute atomic E-state index is 12.1. The van der Waals surface area contributed by atoms with Gasteiger partial charge in [0.2, 0.25) is 5.91 Å². The minimum atomic E-state index is -0.0150. The number of hydrogen-bond acceptors (Lipinski definition) is 5. The number of rotatable bonds is 7. The van der Waals surface area contributed by atoms with Crippen molar-refractivity contribution in [2.75, 3.05) is 25.0 Å². The number of nitriles is 1. The number of likely N-dealkylation sites (N-methyl/N-ethyl adjacent to an activating group) is 1. The van der Waals surface area contributed by atoms with Crippen molar-refractivity contribution in [1.29, 1.82) is 5.26 Å². The minimum absolute atomic E-state index is 0.0150. The molecular formula is C18H21N5O. The van der Waals surface area contributed by atoms with Crippen LogP contribution in [0.15, 0.2) is 36.5 Å². The van der Waals surface area contributed by atoms with Crippen molar-refractivity contribution in [2.24, 2.45) is 0 Å². The maximum atomic E-state index is 12.1. The van der Waals surface area contributed by atoms with E-state index in [1.165, 1.54) is 0 Å². The Morgan fingerprint density at radius 1 is 1.29 bits per heavy atom. The summed E-state index contributed by atoms with van der Waals surface area (Å²) in [6, 6.07) is 11.6. The molecule has 0 atom stereocenters. The SMILES string of the molecule is CCN(CCC#N)C(=O)CNc1ccc(-c2nccc(C)n2)cc1. The fourth-order valence-corrected chi connectivity index (χ4v) is 2.26. The summed E-state index contributed by atoms with van der Waals surface area (Å²) in [4.78, 5) is 22.4. The van der Waals surface area contributed by atoms with E-state index in [1.807, 2.05) is 44.2 Å². The molecule has 0 bridgehead atoms. The Morgan fingerprint density at radius 3 is 2.67 bits per heavy atom. The summed E-state index contributed by atoms with van der Waals surface area (Å²) in [6.07, 6.45) is 2.09. The van der Waals surface area contributed by atoms with Crippen LogP contribution in [0.5, 0.6) is 0 Å². The molecule has 6 nitrogen and oxygen atoms in total. The quantitative estimate of drug-likeness (QED) is 0.847. The number of nitrogens with one attached hydrogen (secondary N) is 1. The van der Waals surface area contributed by atoms with Crippen LogP contribution >= 0.6 is 0 Å². The maximum Gasteiger partial charge on any atom is 0.241 e. The highest BCUT2D eigenvalue weighted by molar-refractivity contribution is 5.81. The van der Waals surface area contributed by atoms with Crippen LogP contribution in [-0.2, 0) is 4.79 Å². The lowest BCUT2D eigenvalue weighted by molar-refractivity contribution is -0.129. The summed E-state index contributed by atoms with van der Waals surface area (Å²) in [7, 11) is 0. The first kappa shape index (κ1) is 17.4. The fourth-order valence-electron chi connectivity index (χ4n) is 2.26. The number of carbonyl (C=O) groups is 1. The molecule has 124 valence electrons. The Balaban J connectivity index is 1.94. The first-order valence-corrected chi connectivity index (χ1v) is 7.92. The monoisotopic (exact) mass is 323 g/mol. The second-order valence-electron chi connectivity index (χ2n) is 5.33.